The van der Waals surface area contributed by atoms with Crippen LogP contribution in [0.25, 0.3) is 0 Å². The van der Waals surface area contributed by atoms with Gasteiger partial charge >= 0.3 is 0 Å². The number of hydrogen-bond donors (Lipinski definition) is 0. The van der Waals surface area contributed by atoms with Crippen molar-refractivity contribution in [3.05, 3.63) is 36.0 Å². The van der Waals surface area contributed by atoms with Crippen LogP contribution in [0.4, 0.5) is 0 Å². The maximum absolute atomic E-state index is 5.17. The Morgan fingerprint density at radius 2 is 1.48 bits per heavy atom. The van der Waals surface area contributed by atoms with Crippen molar-refractivity contribution in [1.29, 1.82) is 0 Å². The van der Waals surface area contributed by atoms with Crippen LogP contribution in [-0.2, 0) is 4.74 Å². The maximum atomic E-state index is 5.17. The zero-order valence-corrected chi connectivity index (χ0v) is 18.8. The second-order valence-corrected chi connectivity index (χ2v) is 5.62. The van der Waals surface area contributed by atoms with E-state index in [1.807, 2.05) is 40.7 Å². The normalized spacial score (nSPS) is 13.8. The fourth-order valence-corrected chi connectivity index (χ4v) is 2.15. The zero-order valence-electron chi connectivity index (χ0n) is 18.8. The van der Waals surface area contributed by atoms with Crippen LogP contribution in [-0.4, -0.2) is 37.2 Å². The molecule has 1 rings (SSSR count). The van der Waals surface area contributed by atoms with Crippen LogP contribution in [0.3, 0.4) is 0 Å². The summed E-state index contributed by atoms with van der Waals surface area (Å²) in [4.78, 5) is 2.55. The van der Waals surface area contributed by atoms with E-state index in [-0.39, 0.29) is 0 Å². The summed E-state index contributed by atoms with van der Waals surface area (Å²) in [6.07, 6.45) is 9.90. The topological polar surface area (TPSA) is 12.5 Å². The summed E-state index contributed by atoms with van der Waals surface area (Å²) in [5.41, 5.74) is 2.47. The first-order chi connectivity index (χ1) is 12.1. The minimum absolute atomic E-state index is 0.731. The third-order valence-electron chi connectivity index (χ3n) is 3.52. The van der Waals surface area contributed by atoms with Gasteiger partial charge in [0.15, 0.2) is 0 Å². The van der Waals surface area contributed by atoms with Gasteiger partial charge < -0.3 is 4.74 Å². The van der Waals surface area contributed by atoms with E-state index >= 15 is 0 Å². The first-order valence-electron chi connectivity index (χ1n) is 10.4. The Bertz CT molecular complexity index is 321. The molecule has 0 bridgehead atoms. The summed E-state index contributed by atoms with van der Waals surface area (Å²) in [5, 5.41) is 0. The van der Waals surface area contributed by atoms with Crippen LogP contribution in [0.2, 0.25) is 0 Å². The van der Waals surface area contributed by atoms with E-state index in [0.717, 1.165) is 31.2 Å². The molecule has 0 radical (unpaired) electrons. The zero-order chi connectivity index (χ0) is 20.1. The van der Waals surface area contributed by atoms with Crippen molar-refractivity contribution in [2.24, 2.45) is 0 Å². The first kappa shape index (κ1) is 28.9. The summed E-state index contributed by atoms with van der Waals surface area (Å²) in [6, 6.07) is 0.731. The second kappa shape index (κ2) is 23.1. The lowest BCUT2D eigenvalue weighted by Gasteiger charge is -2.37. The quantitative estimate of drug-likeness (QED) is 0.434. The highest BCUT2D eigenvalue weighted by Crippen LogP contribution is 2.11. The predicted molar refractivity (Wildman–Crippen MR) is 117 cm³/mol. The maximum Gasteiger partial charge on any atom is 0.0645 e. The first-order valence-corrected chi connectivity index (χ1v) is 10.4. The lowest BCUT2D eigenvalue weighted by molar-refractivity contribution is -0.0646. The molecule has 0 aromatic heterocycles. The predicted octanol–water partition coefficient (Wildman–Crippen LogP) is 7.03. The molecule has 0 spiro atoms. The lowest BCUT2D eigenvalue weighted by Crippen LogP contribution is -2.49. The fraction of sp³-hybridized carbons (Fsp3) is 0.739. The van der Waals surface area contributed by atoms with Gasteiger partial charge in [-0.2, -0.15) is 0 Å². The minimum Gasteiger partial charge on any atom is -0.378 e. The average molecular weight is 354 g/mol. The van der Waals surface area contributed by atoms with E-state index in [0.29, 0.717) is 0 Å². The molecule has 0 aromatic rings. The molecular formula is C23H47NO. The van der Waals surface area contributed by atoms with Crippen molar-refractivity contribution in [3.63, 3.8) is 0 Å². The van der Waals surface area contributed by atoms with E-state index in [1.54, 1.807) is 0 Å². The van der Waals surface area contributed by atoms with Gasteiger partial charge in [0, 0.05) is 0 Å². The van der Waals surface area contributed by atoms with Crippen LogP contribution in [0, 0.1) is 0 Å². The van der Waals surface area contributed by atoms with Crippen LogP contribution < -0.4 is 0 Å². The highest BCUT2D eigenvalue weighted by atomic mass is 16.5. The third kappa shape index (κ3) is 17.7. The van der Waals surface area contributed by atoms with Crippen LogP contribution >= 0.6 is 0 Å². The van der Waals surface area contributed by atoms with Crippen molar-refractivity contribution < 1.29 is 4.74 Å². The molecule has 1 saturated heterocycles. The molecular weight excluding hydrogens is 306 g/mol. The second-order valence-electron chi connectivity index (χ2n) is 5.62. The Hall–Kier alpha value is -0.860. The third-order valence-corrected chi connectivity index (χ3v) is 3.52. The van der Waals surface area contributed by atoms with Gasteiger partial charge in [-0.05, 0) is 46.2 Å². The lowest BCUT2D eigenvalue weighted by atomic mass is 10.1. The molecule has 0 aliphatic carbocycles. The number of hydrogen-bond acceptors (Lipinski definition) is 2. The van der Waals surface area contributed by atoms with Crippen molar-refractivity contribution in [3.8, 4) is 0 Å². The smallest absolute Gasteiger partial charge is 0.0645 e. The molecule has 1 heterocycles. The van der Waals surface area contributed by atoms with E-state index in [4.69, 9.17) is 4.74 Å². The minimum atomic E-state index is 0.731. The Morgan fingerprint density at radius 1 is 1.00 bits per heavy atom. The van der Waals surface area contributed by atoms with Gasteiger partial charge in [-0.3, -0.25) is 4.90 Å². The molecule has 0 atom stereocenters. The molecule has 1 aliphatic rings. The van der Waals surface area contributed by atoms with Crippen LogP contribution in [0.1, 0.15) is 81.6 Å². The van der Waals surface area contributed by atoms with E-state index in [2.05, 4.69) is 51.3 Å². The van der Waals surface area contributed by atoms with Gasteiger partial charge in [0.2, 0.25) is 0 Å². The summed E-state index contributed by atoms with van der Waals surface area (Å²) in [6.45, 7) is 26.9. The van der Waals surface area contributed by atoms with Gasteiger partial charge in [-0.1, -0.05) is 84.4 Å². The molecule has 0 amide bonds. The molecule has 2 nitrogen and oxygen atoms in total. The van der Waals surface area contributed by atoms with Crippen molar-refractivity contribution in [2.75, 3.05) is 26.3 Å². The summed E-state index contributed by atoms with van der Waals surface area (Å²) in [7, 11) is 0. The van der Waals surface area contributed by atoms with Gasteiger partial charge in [0.25, 0.3) is 0 Å². The van der Waals surface area contributed by atoms with Crippen molar-refractivity contribution in [2.45, 2.75) is 87.6 Å². The summed E-state index contributed by atoms with van der Waals surface area (Å²) in [5.74, 6) is 0. The largest absolute Gasteiger partial charge is 0.378 e. The highest BCUT2D eigenvalue weighted by Gasteiger charge is 2.24. The molecule has 150 valence electrons. The molecule has 2 heteroatoms. The summed E-state index contributed by atoms with van der Waals surface area (Å²) >= 11 is 0. The fourth-order valence-electron chi connectivity index (χ4n) is 2.15. The summed E-state index contributed by atoms with van der Waals surface area (Å²) < 4.78 is 5.17. The molecule has 1 aliphatic heterocycles. The standard InChI is InChI=1S/C10H16.C9H19NO.2C2H6/c1-5-10(6-2)8-7-9(3)4;1-3-5-10(6-4-2)9-7-11-8-9;2*1-2/h5,7-8H,3,6H2,1-2,4H3;9H,3-8H2,1-2H3;2*1-2H3/b8-7-,10-5-;;;. The monoisotopic (exact) mass is 353 g/mol. The van der Waals surface area contributed by atoms with Crippen molar-refractivity contribution in [1.82, 2.24) is 4.90 Å². The SMILES string of the molecule is C=C(C)/C=C\C(=C/C)CC.CC.CC.CCCN(CCC)C1COC1. The van der Waals surface area contributed by atoms with Crippen LogP contribution in [0.15, 0.2) is 36.0 Å². The Morgan fingerprint density at radius 3 is 1.72 bits per heavy atom. The van der Waals surface area contributed by atoms with Crippen LogP contribution in [0.5, 0.6) is 0 Å². The molecule has 1 fully saturated rings. The number of ether oxygens (including phenoxy) is 1. The Labute approximate surface area is 160 Å². The van der Waals surface area contributed by atoms with E-state index in [9.17, 15) is 0 Å². The van der Waals surface area contributed by atoms with Gasteiger partial charge in [0.1, 0.15) is 0 Å². The van der Waals surface area contributed by atoms with Gasteiger partial charge in [0.05, 0.1) is 19.3 Å². The Kier molecular flexibility index (Phi) is 26.8. The van der Waals surface area contributed by atoms with Gasteiger partial charge in [-0.15, -0.1) is 0 Å². The van der Waals surface area contributed by atoms with Crippen molar-refractivity contribution >= 4 is 0 Å². The number of nitrogens with zero attached hydrogens (tertiary/aromatic N) is 1. The van der Waals surface area contributed by atoms with E-state index in [1.165, 1.54) is 31.5 Å². The molecule has 0 N–H and O–H groups in total. The average Bonchev–Trinajstić information content (AvgIpc) is 2.59. The molecule has 25 heavy (non-hydrogen) atoms. The van der Waals surface area contributed by atoms with E-state index < -0.39 is 0 Å². The number of rotatable bonds is 8. The molecule has 0 unspecified atom stereocenters. The van der Waals surface area contributed by atoms with Gasteiger partial charge in [-0.25, -0.2) is 0 Å². The highest BCUT2D eigenvalue weighted by molar-refractivity contribution is 5.24. The molecule has 0 aromatic carbocycles. The Balaban J connectivity index is -0.000000324. The molecule has 0 saturated carbocycles. The number of allylic oxidation sites excluding steroid dienone is 5.